The minimum atomic E-state index is 0.143. The van der Waals surface area contributed by atoms with Crippen LogP contribution in [0.3, 0.4) is 0 Å². The average Bonchev–Trinajstić information content (AvgIpc) is 2.76. The largest absolute Gasteiger partial charge is 0.305 e. The first kappa shape index (κ1) is 11.0. The fourth-order valence-corrected chi connectivity index (χ4v) is 2.45. The highest BCUT2D eigenvalue weighted by Crippen LogP contribution is 2.26. The van der Waals surface area contributed by atoms with Crippen molar-refractivity contribution in [2.45, 2.75) is 19.9 Å². The van der Waals surface area contributed by atoms with E-state index in [4.69, 9.17) is 0 Å². The van der Waals surface area contributed by atoms with Gasteiger partial charge in [0.1, 0.15) is 0 Å². The maximum absolute atomic E-state index is 12.2. The van der Waals surface area contributed by atoms with Crippen molar-refractivity contribution in [3.05, 3.63) is 47.3 Å². The Morgan fingerprint density at radius 2 is 2.17 bits per heavy atom. The van der Waals surface area contributed by atoms with E-state index >= 15 is 0 Å². The van der Waals surface area contributed by atoms with Crippen molar-refractivity contribution >= 4 is 11.6 Å². The molecule has 0 fully saturated rings. The number of carbonyl (C=O) groups is 1. The maximum atomic E-state index is 12.2. The number of nitrogens with zero attached hydrogens (tertiary/aromatic N) is 3. The van der Waals surface area contributed by atoms with E-state index in [2.05, 4.69) is 24.2 Å². The standard InChI is InChI=1S/C14H15N3O/c1-10-4-3-5-11-8-17(14(18)6-13(10)11)12-7-15-16(2)9-12/h3-5,7,9H,6,8H2,1-2H3. The zero-order valence-corrected chi connectivity index (χ0v) is 10.6. The summed E-state index contributed by atoms with van der Waals surface area (Å²) >= 11 is 0. The normalized spacial score (nSPS) is 14.8. The summed E-state index contributed by atoms with van der Waals surface area (Å²) in [6.45, 7) is 2.70. The molecule has 4 nitrogen and oxygen atoms in total. The Morgan fingerprint density at radius 1 is 1.33 bits per heavy atom. The van der Waals surface area contributed by atoms with Gasteiger partial charge in [0.25, 0.3) is 0 Å². The number of fused-ring (bicyclic) bond motifs is 1. The zero-order chi connectivity index (χ0) is 12.7. The number of aryl methyl sites for hydroxylation is 2. The molecule has 4 heteroatoms. The first-order chi connectivity index (χ1) is 8.65. The summed E-state index contributed by atoms with van der Waals surface area (Å²) in [5.41, 5.74) is 4.49. The van der Waals surface area contributed by atoms with Gasteiger partial charge in [-0.05, 0) is 23.6 Å². The van der Waals surface area contributed by atoms with Gasteiger partial charge < -0.3 is 4.90 Å². The third-order valence-electron chi connectivity index (χ3n) is 3.47. The fraction of sp³-hybridized carbons (Fsp3) is 0.286. The lowest BCUT2D eigenvalue weighted by molar-refractivity contribution is -0.118. The second kappa shape index (κ2) is 3.98. The highest BCUT2D eigenvalue weighted by molar-refractivity contribution is 5.96. The number of carbonyl (C=O) groups excluding carboxylic acids is 1. The Labute approximate surface area is 106 Å². The molecule has 92 valence electrons. The molecule has 2 heterocycles. The van der Waals surface area contributed by atoms with Gasteiger partial charge in [0.15, 0.2) is 0 Å². The highest BCUT2D eigenvalue weighted by atomic mass is 16.2. The maximum Gasteiger partial charge on any atom is 0.231 e. The summed E-state index contributed by atoms with van der Waals surface area (Å²) in [6.07, 6.45) is 4.09. The smallest absolute Gasteiger partial charge is 0.231 e. The predicted molar refractivity (Wildman–Crippen MR) is 69.3 cm³/mol. The average molecular weight is 241 g/mol. The van der Waals surface area contributed by atoms with Crippen molar-refractivity contribution in [3.8, 4) is 0 Å². The molecule has 18 heavy (non-hydrogen) atoms. The SMILES string of the molecule is Cc1cccc2c1CC(=O)N(c1cnn(C)c1)C2. The number of aromatic nitrogens is 2. The van der Waals surface area contributed by atoms with Crippen LogP contribution in [0.25, 0.3) is 0 Å². The molecule has 1 aromatic carbocycles. The van der Waals surface area contributed by atoms with Gasteiger partial charge >= 0.3 is 0 Å². The summed E-state index contributed by atoms with van der Waals surface area (Å²) < 4.78 is 1.72. The first-order valence-electron chi connectivity index (χ1n) is 6.01. The van der Waals surface area contributed by atoms with Crippen LogP contribution in [0.4, 0.5) is 5.69 Å². The van der Waals surface area contributed by atoms with Crippen LogP contribution >= 0.6 is 0 Å². The topological polar surface area (TPSA) is 38.1 Å². The molecular formula is C14H15N3O. The van der Waals surface area contributed by atoms with E-state index in [9.17, 15) is 4.79 Å². The summed E-state index contributed by atoms with van der Waals surface area (Å²) in [5.74, 6) is 0.143. The van der Waals surface area contributed by atoms with Crippen LogP contribution in [-0.2, 0) is 24.8 Å². The molecule has 0 bridgehead atoms. The van der Waals surface area contributed by atoms with E-state index in [1.807, 2.05) is 19.3 Å². The van der Waals surface area contributed by atoms with Crippen LogP contribution < -0.4 is 4.90 Å². The minimum absolute atomic E-state index is 0.143. The second-order valence-corrected chi connectivity index (χ2v) is 4.74. The number of anilines is 1. The summed E-state index contributed by atoms with van der Waals surface area (Å²) in [6, 6.07) is 6.20. The molecule has 1 aromatic heterocycles. The Hall–Kier alpha value is -2.10. The molecule has 0 saturated heterocycles. The molecule has 1 aliphatic heterocycles. The van der Waals surface area contributed by atoms with E-state index < -0.39 is 0 Å². The summed E-state index contributed by atoms with van der Waals surface area (Å²) in [7, 11) is 1.86. The fourth-order valence-electron chi connectivity index (χ4n) is 2.45. The Bertz CT molecular complexity index is 615. The third-order valence-corrected chi connectivity index (χ3v) is 3.47. The van der Waals surface area contributed by atoms with Gasteiger partial charge in [-0.15, -0.1) is 0 Å². The van der Waals surface area contributed by atoms with Crippen molar-refractivity contribution in [1.82, 2.24) is 9.78 Å². The van der Waals surface area contributed by atoms with E-state index in [0.29, 0.717) is 13.0 Å². The predicted octanol–water partition coefficient (Wildman–Crippen LogP) is 1.82. The molecule has 0 N–H and O–H groups in total. The quantitative estimate of drug-likeness (QED) is 0.763. The van der Waals surface area contributed by atoms with Crippen LogP contribution in [-0.4, -0.2) is 15.7 Å². The van der Waals surface area contributed by atoms with Crippen molar-refractivity contribution in [2.24, 2.45) is 7.05 Å². The molecule has 2 aromatic rings. The highest BCUT2D eigenvalue weighted by Gasteiger charge is 2.25. The Balaban J connectivity index is 2.00. The molecule has 0 spiro atoms. The lowest BCUT2D eigenvalue weighted by atomic mass is 9.95. The van der Waals surface area contributed by atoms with Crippen molar-refractivity contribution in [2.75, 3.05) is 4.90 Å². The second-order valence-electron chi connectivity index (χ2n) is 4.74. The molecule has 0 saturated carbocycles. The van der Waals surface area contributed by atoms with Crippen molar-refractivity contribution in [1.29, 1.82) is 0 Å². The lowest BCUT2D eigenvalue weighted by Gasteiger charge is -2.28. The van der Waals surface area contributed by atoms with Crippen molar-refractivity contribution < 1.29 is 4.79 Å². The monoisotopic (exact) mass is 241 g/mol. The number of benzene rings is 1. The molecular weight excluding hydrogens is 226 g/mol. The van der Waals surface area contributed by atoms with Gasteiger partial charge in [-0.2, -0.15) is 5.10 Å². The van der Waals surface area contributed by atoms with E-state index in [-0.39, 0.29) is 5.91 Å². The number of hydrogen-bond donors (Lipinski definition) is 0. The van der Waals surface area contributed by atoms with E-state index in [1.54, 1.807) is 15.8 Å². The number of rotatable bonds is 1. The van der Waals surface area contributed by atoms with Crippen LogP contribution in [0.5, 0.6) is 0 Å². The zero-order valence-electron chi connectivity index (χ0n) is 10.6. The molecule has 1 aliphatic rings. The minimum Gasteiger partial charge on any atom is -0.305 e. The summed E-state index contributed by atoms with van der Waals surface area (Å²) in [5, 5.41) is 4.12. The Kier molecular flexibility index (Phi) is 2.44. The van der Waals surface area contributed by atoms with Crippen LogP contribution in [0.15, 0.2) is 30.6 Å². The van der Waals surface area contributed by atoms with Gasteiger partial charge in [-0.3, -0.25) is 9.48 Å². The van der Waals surface area contributed by atoms with Gasteiger partial charge in [0.2, 0.25) is 5.91 Å². The van der Waals surface area contributed by atoms with Gasteiger partial charge in [0, 0.05) is 13.2 Å². The van der Waals surface area contributed by atoms with E-state index in [0.717, 1.165) is 5.69 Å². The van der Waals surface area contributed by atoms with Gasteiger partial charge in [-0.1, -0.05) is 18.2 Å². The van der Waals surface area contributed by atoms with Crippen LogP contribution in [0, 0.1) is 6.92 Å². The molecule has 0 aliphatic carbocycles. The lowest BCUT2D eigenvalue weighted by Crippen LogP contribution is -2.36. The van der Waals surface area contributed by atoms with Gasteiger partial charge in [-0.25, -0.2) is 0 Å². The van der Waals surface area contributed by atoms with Crippen LogP contribution in [0.2, 0.25) is 0 Å². The Morgan fingerprint density at radius 3 is 2.89 bits per heavy atom. The van der Waals surface area contributed by atoms with E-state index in [1.165, 1.54) is 16.7 Å². The van der Waals surface area contributed by atoms with Crippen molar-refractivity contribution in [3.63, 3.8) is 0 Å². The molecule has 0 atom stereocenters. The van der Waals surface area contributed by atoms with Crippen LogP contribution in [0.1, 0.15) is 16.7 Å². The molecule has 0 unspecified atom stereocenters. The molecule has 1 amide bonds. The number of amides is 1. The molecule has 0 radical (unpaired) electrons. The number of hydrogen-bond acceptors (Lipinski definition) is 2. The third kappa shape index (κ3) is 1.70. The van der Waals surface area contributed by atoms with Gasteiger partial charge in [0.05, 0.1) is 24.8 Å². The molecule has 3 rings (SSSR count). The summed E-state index contributed by atoms with van der Waals surface area (Å²) in [4.78, 5) is 14.0. The first-order valence-corrected chi connectivity index (χ1v) is 6.01.